The lowest BCUT2D eigenvalue weighted by Gasteiger charge is -2.13. The van der Waals surface area contributed by atoms with Crippen molar-refractivity contribution in [3.8, 4) is 5.75 Å². The van der Waals surface area contributed by atoms with E-state index in [0.717, 1.165) is 22.5 Å². The van der Waals surface area contributed by atoms with Crippen LogP contribution in [0.4, 0.5) is 5.82 Å². The van der Waals surface area contributed by atoms with Crippen LogP contribution in [0.15, 0.2) is 17.0 Å². The summed E-state index contributed by atoms with van der Waals surface area (Å²) in [6.07, 6.45) is 3.27. The van der Waals surface area contributed by atoms with Gasteiger partial charge in [0.2, 0.25) is 0 Å². The summed E-state index contributed by atoms with van der Waals surface area (Å²) in [6.45, 7) is 3.84. The van der Waals surface area contributed by atoms with Gasteiger partial charge in [0.25, 0.3) is 5.71 Å². The Morgan fingerprint density at radius 3 is 2.95 bits per heavy atom. The smallest absolute Gasteiger partial charge is 0.263 e. The van der Waals surface area contributed by atoms with Gasteiger partial charge in [-0.05, 0) is 13.8 Å². The Morgan fingerprint density at radius 1 is 1.38 bits per heavy atom. The number of hydrogen-bond acceptors (Lipinski definition) is 7. The predicted molar refractivity (Wildman–Crippen MR) is 76.1 cm³/mol. The normalized spacial score (nSPS) is 12.6. The molecule has 8 nitrogen and oxygen atoms in total. The molecule has 0 radical (unpaired) electrons. The Morgan fingerprint density at radius 2 is 2.19 bits per heavy atom. The molecular formula is C13H16N6O2. The molecule has 21 heavy (non-hydrogen) atoms. The number of hydrogen-bond donors (Lipinski definition) is 1. The highest BCUT2D eigenvalue weighted by atomic mass is 16.5. The first-order valence-electron chi connectivity index (χ1n) is 6.51. The van der Waals surface area contributed by atoms with Crippen molar-refractivity contribution in [2.75, 3.05) is 12.4 Å². The van der Waals surface area contributed by atoms with Crippen LogP contribution in [0.25, 0.3) is 11.1 Å². The summed E-state index contributed by atoms with van der Waals surface area (Å²) in [6, 6.07) is -0.0893. The van der Waals surface area contributed by atoms with E-state index in [-0.39, 0.29) is 6.04 Å². The highest BCUT2D eigenvalue weighted by Crippen LogP contribution is 2.29. The van der Waals surface area contributed by atoms with E-state index in [2.05, 4.69) is 25.5 Å². The highest BCUT2D eigenvalue weighted by Gasteiger charge is 2.19. The number of fused-ring (bicyclic) bond motifs is 1. The number of nitrogens with one attached hydrogen (secondary N) is 1. The molecule has 1 N–H and O–H groups in total. The number of rotatable bonds is 4. The maximum Gasteiger partial charge on any atom is 0.263 e. The summed E-state index contributed by atoms with van der Waals surface area (Å²) in [5.74, 6) is 1.39. The second-order valence-electron chi connectivity index (χ2n) is 4.79. The molecule has 8 heteroatoms. The van der Waals surface area contributed by atoms with Crippen molar-refractivity contribution >= 4 is 16.9 Å². The van der Waals surface area contributed by atoms with Crippen molar-refractivity contribution in [1.29, 1.82) is 0 Å². The third kappa shape index (κ3) is 2.28. The van der Waals surface area contributed by atoms with Crippen molar-refractivity contribution in [2.24, 2.45) is 7.05 Å². The lowest BCUT2D eigenvalue weighted by Crippen LogP contribution is -2.10. The molecular weight excluding hydrogens is 272 g/mol. The molecule has 0 aliphatic heterocycles. The van der Waals surface area contributed by atoms with Gasteiger partial charge in [-0.3, -0.25) is 4.68 Å². The van der Waals surface area contributed by atoms with E-state index in [1.54, 1.807) is 11.8 Å². The average molecular weight is 288 g/mol. The van der Waals surface area contributed by atoms with Crippen LogP contribution in [-0.4, -0.2) is 32.0 Å². The largest absolute Gasteiger partial charge is 0.493 e. The molecule has 0 fully saturated rings. The molecule has 3 aromatic heterocycles. The molecule has 0 spiro atoms. The van der Waals surface area contributed by atoms with E-state index in [9.17, 15) is 0 Å². The summed E-state index contributed by atoms with van der Waals surface area (Å²) in [7, 11) is 3.48. The Bertz CT molecular complexity index is 778. The van der Waals surface area contributed by atoms with Crippen LogP contribution in [0.2, 0.25) is 0 Å². The van der Waals surface area contributed by atoms with E-state index >= 15 is 0 Å². The van der Waals surface area contributed by atoms with Gasteiger partial charge in [-0.15, -0.1) is 0 Å². The number of nitrogens with zero attached hydrogens (tertiary/aromatic N) is 5. The topological polar surface area (TPSA) is 90.9 Å². The van der Waals surface area contributed by atoms with E-state index < -0.39 is 0 Å². The number of ether oxygens (including phenoxy) is 1. The fourth-order valence-corrected chi connectivity index (χ4v) is 2.25. The van der Waals surface area contributed by atoms with Crippen molar-refractivity contribution in [3.63, 3.8) is 0 Å². The van der Waals surface area contributed by atoms with Crippen LogP contribution < -0.4 is 10.1 Å². The minimum Gasteiger partial charge on any atom is -0.493 e. The number of aryl methyl sites for hydroxylation is 2. The molecule has 0 amide bonds. The lowest BCUT2D eigenvalue weighted by molar-refractivity contribution is 0.407. The molecule has 0 bridgehead atoms. The van der Waals surface area contributed by atoms with Crippen molar-refractivity contribution in [1.82, 2.24) is 24.9 Å². The maximum absolute atomic E-state index is 5.33. The van der Waals surface area contributed by atoms with E-state index in [1.807, 2.05) is 27.1 Å². The SMILES string of the molecule is COc1cn(C)nc1C(C)Nc1ncnc2onc(C)c12. The van der Waals surface area contributed by atoms with E-state index in [0.29, 0.717) is 11.5 Å². The second-order valence-corrected chi connectivity index (χ2v) is 4.79. The fourth-order valence-electron chi connectivity index (χ4n) is 2.25. The molecule has 3 rings (SSSR count). The first-order valence-corrected chi connectivity index (χ1v) is 6.51. The Balaban J connectivity index is 1.96. The standard InChI is InChI=1S/C13H16N6O2/c1-7-10-12(14-6-15-13(10)21-18-7)16-8(2)11-9(20-4)5-19(3)17-11/h5-6,8H,1-4H3,(H,14,15,16). The van der Waals surface area contributed by atoms with Gasteiger partial charge in [0.05, 0.1) is 25.0 Å². The molecule has 1 unspecified atom stereocenters. The van der Waals surface area contributed by atoms with Gasteiger partial charge in [0.1, 0.15) is 23.2 Å². The molecule has 0 saturated heterocycles. The third-order valence-corrected chi connectivity index (χ3v) is 3.25. The van der Waals surface area contributed by atoms with E-state index in [4.69, 9.17) is 9.26 Å². The van der Waals surface area contributed by atoms with Crippen LogP contribution in [0, 0.1) is 6.92 Å². The quantitative estimate of drug-likeness (QED) is 0.783. The summed E-state index contributed by atoms with van der Waals surface area (Å²) < 4.78 is 12.2. The summed E-state index contributed by atoms with van der Waals surface area (Å²) in [4.78, 5) is 8.33. The number of aromatic nitrogens is 5. The highest BCUT2D eigenvalue weighted by molar-refractivity contribution is 5.87. The molecule has 1 atom stereocenters. The monoisotopic (exact) mass is 288 g/mol. The van der Waals surface area contributed by atoms with Gasteiger partial charge in [0, 0.05) is 7.05 Å². The van der Waals surface area contributed by atoms with Gasteiger partial charge < -0.3 is 14.6 Å². The van der Waals surface area contributed by atoms with Gasteiger partial charge in [0.15, 0.2) is 5.75 Å². The molecule has 110 valence electrons. The van der Waals surface area contributed by atoms with E-state index in [1.165, 1.54) is 6.33 Å². The molecule has 0 aliphatic carbocycles. The molecule has 0 saturated carbocycles. The zero-order valence-corrected chi connectivity index (χ0v) is 12.3. The van der Waals surface area contributed by atoms with Crippen LogP contribution in [0.3, 0.4) is 0 Å². The third-order valence-electron chi connectivity index (χ3n) is 3.25. The maximum atomic E-state index is 5.33. The zero-order valence-electron chi connectivity index (χ0n) is 12.3. The van der Waals surface area contributed by atoms with Crippen molar-refractivity contribution in [2.45, 2.75) is 19.9 Å². The average Bonchev–Trinajstić information content (AvgIpc) is 3.03. The molecule has 3 aromatic rings. The van der Waals surface area contributed by atoms with Gasteiger partial charge in [-0.1, -0.05) is 5.16 Å². The Hall–Kier alpha value is -2.64. The lowest BCUT2D eigenvalue weighted by atomic mass is 10.2. The van der Waals surface area contributed by atoms with Gasteiger partial charge >= 0.3 is 0 Å². The minimum atomic E-state index is -0.0893. The molecule has 3 heterocycles. The predicted octanol–water partition coefficient (Wildman–Crippen LogP) is 1.84. The summed E-state index contributed by atoms with van der Waals surface area (Å²) in [5.41, 5.74) is 2.01. The first kappa shape index (κ1) is 13.3. The number of anilines is 1. The Labute approximate surface area is 121 Å². The van der Waals surface area contributed by atoms with Gasteiger partial charge in [-0.2, -0.15) is 10.1 Å². The van der Waals surface area contributed by atoms with Crippen molar-refractivity contribution in [3.05, 3.63) is 23.9 Å². The van der Waals surface area contributed by atoms with Crippen LogP contribution in [-0.2, 0) is 7.05 Å². The zero-order chi connectivity index (χ0) is 15.0. The number of methoxy groups -OCH3 is 1. The van der Waals surface area contributed by atoms with Gasteiger partial charge in [-0.25, -0.2) is 4.98 Å². The van der Waals surface area contributed by atoms with Crippen LogP contribution >= 0.6 is 0 Å². The van der Waals surface area contributed by atoms with Crippen LogP contribution in [0.1, 0.15) is 24.4 Å². The fraction of sp³-hybridized carbons (Fsp3) is 0.385. The molecule has 0 aromatic carbocycles. The van der Waals surface area contributed by atoms with Crippen LogP contribution in [0.5, 0.6) is 5.75 Å². The van der Waals surface area contributed by atoms with Crippen molar-refractivity contribution < 1.29 is 9.26 Å². The first-order chi connectivity index (χ1) is 10.1. The second kappa shape index (κ2) is 5.04. The Kier molecular flexibility index (Phi) is 3.20. The minimum absolute atomic E-state index is 0.0893. The summed E-state index contributed by atoms with van der Waals surface area (Å²) in [5, 5.41) is 12.4. The summed E-state index contributed by atoms with van der Waals surface area (Å²) >= 11 is 0. The molecule has 0 aliphatic rings.